The lowest BCUT2D eigenvalue weighted by molar-refractivity contribution is 0.0951. The largest absolute Gasteiger partial charge is 0.497 e. The summed E-state index contributed by atoms with van der Waals surface area (Å²) in [5.74, 6) is 0.148. The second kappa shape index (κ2) is 8.37. The normalized spacial score (nSPS) is 14.3. The molecule has 0 spiro atoms. The van der Waals surface area contributed by atoms with Gasteiger partial charge in [0.15, 0.2) is 0 Å². The smallest absolute Gasteiger partial charge is 0.271 e. The first-order valence-corrected chi connectivity index (χ1v) is 11.2. The van der Waals surface area contributed by atoms with Gasteiger partial charge in [-0.15, -0.1) is 0 Å². The van der Waals surface area contributed by atoms with Gasteiger partial charge in [-0.3, -0.25) is 9.78 Å². The van der Waals surface area contributed by atoms with Gasteiger partial charge in [-0.25, -0.2) is 13.4 Å². The quantitative estimate of drug-likeness (QED) is 0.645. The van der Waals surface area contributed by atoms with Crippen LogP contribution in [0.25, 0.3) is 11.0 Å². The molecule has 2 aromatic carbocycles. The van der Waals surface area contributed by atoms with Crippen LogP contribution in [0.3, 0.4) is 0 Å². The van der Waals surface area contributed by atoms with Crippen molar-refractivity contribution in [3.05, 3.63) is 65.5 Å². The van der Waals surface area contributed by atoms with E-state index < -0.39 is 15.9 Å². The second-order valence-corrected chi connectivity index (χ2v) is 9.12. The number of benzene rings is 2. The first-order chi connectivity index (χ1) is 14.5. The molecule has 0 fully saturated rings. The average molecular weight is 426 g/mol. The molecule has 0 unspecified atom stereocenters. The zero-order valence-corrected chi connectivity index (χ0v) is 17.4. The molecule has 1 aliphatic heterocycles. The van der Waals surface area contributed by atoms with Crippen molar-refractivity contribution in [1.29, 1.82) is 0 Å². The lowest BCUT2D eigenvalue weighted by Crippen LogP contribution is -2.40. The fourth-order valence-electron chi connectivity index (χ4n) is 3.45. The summed E-state index contributed by atoms with van der Waals surface area (Å²) in [7, 11) is -1.89. The molecular weight excluding hydrogens is 404 g/mol. The van der Waals surface area contributed by atoms with E-state index in [1.54, 1.807) is 13.2 Å². The topological polar surface area (TPSA) is 101 Å². The summed E-state index contributed by atoms with van der Waals surface area (Å²) in [4.78, 5) is 20.8. The van der Waals surface area contributed by atoms with Gasteiger partial charge in [-0.1, -0.05) is 18.2 Å². The number of aromatic nitrogens is 2. The van der Waals surface area contributed by atoms with Crippen molar-refractivity contribution in [3.8, 4) is 5.75 Å². The highest BCUT2D eigenvalue weighted by atomic mass is 32.2. The summed E-state index contributed by atoms with van der Waals surface area (Å²) >= 11 is 0. The van der Waals surface area contributed by atoms with Crippen LogP contribution >= 0.6 is 0 Å². The molecule has 0 radical (unpaired) electrons. The summed E-state index contributed by atoms with van der Waals surface area (Å²) in [5, 5.41) is 2.63. The van der Waals surface area contributed by atoms with Crippen LogP contribution in [0.2, 0.25) is 0 Å². The number of carbonyl (C=O) groups excluding carboxylic acids is 1. The number of nitrogens with zero attached hydrogens (tertiary/aromatic N) is 3. The standard InChI is InChI=1S/C21H22N4O4S/c1-29-17-7-6-16-14-25(10-8-15(16)12-17)30(27,28)11-9-22-21(26)20-13-23-18-4-2-3-5-19(18)24-20/h2-7,12-13H,8-11,14H2,1H3,(H,22,26). The number of para-hydroxylation sites is 2. The molecule has 30 heavy (non-hydrogen) atoms. The van der Waals surface area contributed by atoms with Crippen LogP contribution in [-0.4, -0.2) is 54.6 Å². The molecule has 1 amide bonds. The Hall–Kier alpha value is -3.04. The van der Waals surface area contributed by atoms with Gasteiger partial charge < -0.3 is 10.1 Å². The summed E-state index contributed by atoms with van der Waals surface area (Å²) in [6.45, 7) is 0.736. The Balaban J connectivity index is 1.36. The van der Waals surface area contributed by atoms with Gasteiger partial charge in [-0.05, 0) is 41.8 Å². The van der Waals surface area contributed by atoms with Crippen LogP contribution in [-0.2, 0) is 23.0 Å². The first kappa shape index (κ1) is 20.2. The van der Waals surface area contributed by atoms with Crippen LogP contribution in [0.1, 0.15) is 21.6 Å². The van der Waals surface area contributed by atoms with E-state index in [9.17, 15) is 13.2 Å². The zero-order chi connectivity index (χ0) is 21.1. The monoisotopic (exact) mass is 426 g/mol. The van der Waals surface area contributed by atoms with E-state index in [1.807, 2.05) is 36.4 Å². The number of amides is 1. The summed E-state index contributed by atoms with van der Waals surface area (Å²) in [6, 6.07) is 12.9. The highest BCUT2D eigenvalue weighted by Crippen LogP contribution is 2.25. The highest BCUT2D eigenvalue weighted by Gasteiger charge is 2.27. The van der Waals surface area contributed by atoms with Crippen molar-refractivity contribution in [2.24, 2.45) is 0 Å². The van der Waals surface area contributed by atoms with Gasteiger partial charge in [0.1, 0.15) is 11.4 Å². The fraction of sp³-hybridized carbons (Fsp3) is 0.286. The minimum Gasteiger partial charge on any atom is -0.497 e. The molecule has 0 saturated heterocycles. The van der Waals surface area contributed by atoms with E-state index in [4.69, 9.17) is 4.74 Å². The maximum atomic E-state index is 12.7. The molecule has 156 valence electrons. The molecule has 1 N–H and O–H groups in total. The van der Waals surface area contributed by atoms with Crippen molar-refractivity contribution < 1.29 is 17.9 Å². The molecule has 9 heteroatoms. The minimum absolute atomic E-state index is 0.00163. The lowest BCUT2D eigenvalue weighted by Gasteiger charge is -2.28. The van der Waals surface area contributed by atoms with Gasteiger partial charge in [0.25, 0.3) is 5.91 Å². The fourth-order valence-corrected chi connectivity index (χ4v) is 4.77. The van der Waals surface area contributed by atoms with E-state index in [-0.39, 0.29) is 18.0 Å². The van der Waals surface area contributed by atoms with E-state index in [1.165, 1.54) is 10.5 Å². The molecule has 4 rings (SSSR count). The van der Waals surface area contributed by atoms with Gasteiger partial charge >= 0.3 is 0 Å². The van der Waals surface area contributed by atoms with Crippen LogP contribution in [0, 0.1) is 0 Å². The first-order valence-electron chi connectivity index (χ1n) is 9.60. The van der Waals surface area contributed by atoms with Crippen LogP contribution < -0.4 is 10.1 Å². The molecular formula is C21H22N4O4S. The number of hydrogen-bond acceptors (Lipinski definition) is 6. The van der Waals surface area contributed by atoms with E-state index in [0.717, 1.165) is 16.9 Å². The van der Waals surface area contributed by atoms with Crippen LogP contribution in [0.5, 0.6) is 5.75 Å². The van der Waals surface area contributed by atoms with Crippen molar-refractivity contribution in [1.82, 2.24) is 19.6 Å². The molecule has 0 atom stereocenters. The number of sulfonamides is 1. The highest BCUT2D eigenvalue weighted by molar-refractivity contribution is 7.89. The van der Waals surface area contributed by atoms with Gasteiger partial charge in [0.05, 0.1) is 30.1 Å². The van der Waals surface area contributed by atoms with Gasteiger partial charge in [0.2, 0.25) is 10.0 Å². The number of fused-ring (bicyclic) bond motifs is 2. The number of rotatable bonds is 6. The molecule has 1 aliphatic rings. The maximum Gasteiger partial charge on any atom is 0.271 e. The molecule has 1 aromatic heterocycles. The Morgan fingerprint density at radius 2 is 1.97 bits per heavy atom. The SMILES string of the molecule is COc1ccc2c(c1)CCN(S(=O)(=O)CCNC(=O)c1cnc3ccccc3n1)C2. The summed E-state index contributed by atoms with van der Waals surface area (Å²) < 4.78 is 32.2. The zero-order valence-electron chi connectivity index (χ0n) is 16.5. The number of carbonyl (C=O) groups is 1. The Morgan fingerprint density at radius 3 is 2.77 bits per heavy atom. The molecule has 0 aliphatic carbocycles. The van der Waals surface area contributed by atoms with E-state index in [0.29, 0.717) is 30.5 Å². The number of methoxy groups -OCH3 is 1. The third-order valence-electron chi connectivity index (χ3n) is 5.11. The number of hydrogen-bond donors (Lipinski definition) is 1. The molecule has 3 aromatic rings. The van der Waals surface area contributed by atoms with E-state index >= 15 is 0 Å². The molecule has 0 saturated carbocycles. The molecule has 8 nitrogen and oxygen atoms in total. The predicted molar refractivity (Wildman–Crippen MR) is 113 cm³/mol. The summed E-state index contributed by atoms with van der Waals surface area (Å²) in [5.41, 5.74) is 3.54. The lowest BCUT2D eigenvalue weighted by atomic mass is 10.0. The van der Waals surface area contributed by atoms with Crippen LogP contribution in [0.15, 0.2) is 48.7 Å². The average Bonchev–Trinajstić information content (AvgIpc) is 2.77. The third kappa shape index (κ3) is 4.27. The Bertz CT molecular complexity index is 1200. The van der Waals surface area contributed by atoms with Gasteiger partial charge in [-0.2, -0.15) is 4.31 Å². The van der Waals surface area contributed by atoms with Crippen molar-refractivity contribution in [2.45, 2.75) is 13.0 Å². The Kier molecular flexibility index (Phi) is 5.65. The minimum atomic E-state index is -3.50. The van der Waals surface area contributed by atoms with Gasteiger partial charge in [0, 0.05) is 19.6 Å². The molecule has 0 bridgehead atoms. The van der Waals surface area contributed by atoms with Crippen molar-refractivity contribution >= 4 is 27.0 Å². The summed E-state index contributed by atoms with van der Waals surface area (Å²) in [6.07, 6.45) is 2.02. The maximum absolute atomic E-state index is 12.7. The number of nitrogens with one attached hydrogen (secondary N) is 1. The Labute approximate surface area is 175 Å². The molecule has 2 heterocycles. The number of ether oxygens (including phenoxy) is 1. The Morgan fingerprint density at radius 1 is 1.17 bits per heavy atom. The second-order valence-electron chi connectivity index (χ2n) is 7.03. The van der Waals surface area contributed by atoms with Crippen LogP contribution in [0.4, 0.5) is 0 Å². The predicted octanol–water partition coefficient (Wildman–Crippen LogP) is 1.76. The van der Waals surface area contributed by atoms with Crippen molar-refractivity contribution in [3.63, 3.8) is 0 Å². The van der Waals surface area contributed by atoms with Crippen molar-refractivity contribution in [2.75, 3.05) is 26.0 Å². The third-order valence-corrected chi connectivity index (χ3v) is 6.93. The van der Waals surface area contributed by atoms with E-state index in [2.05, 4.69) is 15.3 Å².